The minimum atomic E-state index is -3.89. The summed E-state index contributed by atoms with van der Waals surface area (Å²) in [5, 5.41) is 3.87. The quantitative estimate of drug-likeness (QED) is 0.816. The predicted molar refractivity (Wildman–Crippen MR) is 75.9 cm³/mol. The summed E-state index contributed by atoms with van der Waals surface area (Å²) >= 11 is 11.8. The van der Waals surface area contributed by atoms with Gasteiger partial charge in [-0.05, 0) is 12.1 Å². The summed E-state index contributed by atoms with van der Waals surface area (Å²) in [6.45, 7) is -0.0692. The first-order valence-corrected chi connectivity index (χ1v) is 7.62. The van der Waals surface area contributed by atoms with Crippen LogP contribution in [0.5, 0.6) is 0 Å². The van der Waals surface area contributed by atoms with E-state index in [4.69, 9.17) is 28.9 Å². The number of nitrogen functional groups attached to an aromatic ring is 1. The van der Waals surface area contributed by atoms with E-state index >= 15 is 0 Å². The molecule has 108 valence electrons. The van der Waals surface area contributed by atoms with E-state index in [0.717, 1.165) is 0 Å². The maximum atomic E-state index is 12.2. The standard InChI is InChI=1S/C10H11Cl2N5O2S/c1-17-5-14-9(16-17)4-15-20(18,19)10-7(11)2-6(13)3-8(10)12/h2-3,5,15H,4,13H2,1H3. The lowest BCUT2D eigenvalue weighted by Gasteiger charge is -2.09. The second kappa shape index (κ2) is 5.57. The maximum Gasteiger partial charge on any atom is 0.243 e. The molecule has 20 heavy (non-hydrogen) atoms. The van der Waals surface area contributed by atoms with Crippen LogP contribution in [0, 0.1) is 0 Å². The molecular weight excluding hydrogens is 325 g/mol. The van der Waals surface area contributed by atoms with Gasteiger partial charge in [-0.3, -0.25) is 4.68 Å². The second-order valence-corrected chi connectivity index (χ2v) is 6.49. The highest BCUT2D eigenvalue weighted by atomic mass is 35.5. The molecule has 0 fully saturated rings. The zero-order valence-electron chi connectivity index (χ0n) is 10.3. The van der Waals surface area contributed by atoms with Crippen LogP contribution in [0.1, 0.15) is 5.82 Å². The molecule has 7 nitrogen and oxygen atoms in total. The van der Waals surface area contributed by atoms with Crippen molar-refractivity contribution in [2.45, 2.75) is 11.4 Å². The largest absolute Gasteiger partial charge is 0.399 e. The summed E-state index contributed by atoms with van der Waals surface area (Å²) in [6, 6.07) is 2.64. The van der Waals surface area contributed by atoms with Crippen LogP contribution >= 0.6 is 23.2 Å². The highest BCUT2D eigenvalue weighted by Crippen LogP contribution is 2.31. The van der Waals surface area contributed by atoms with E-state index in [-0.39, 0.29) is 27.2 Å². The van der Waals surface area contributed by atoms with E-state index in [1.165, 1.54) is 23.1 Å². The normalized spacial score (nSPS) is 11.8. The number of nitrogens with zero attached hydrogens (tertiary/aromatic N) is 3. The molecule has 0 saturated heterocycles. The molecule has 0 saturated carbocycles. The van der Waals surface area contributed by atoms with Gasteiger partial charge in [0.2, 0.25) is 10.0 Å². The highest BCUT2D eigenvalue weighted by molar-refractivity contribution is 7.89. The van der Waals surface area contributed by atoms with Crippen molar-refractivity contribution in [1.82, 2.24) is 19.5 Å². The van der Waals surface area contributed by atoms with Crippen molar-refractivity contribution in [2.24, 2.45) is 7.05 Å². The van der Waals surface area contributed by atoms with Gasteiger partial charge in [0.1, 0.15) is 11.2 Å². The average Bonchev–Trinajstić information content (AvgIpc) is 2.71. The summed E-state index contributed by atoms with van der Waals surface area (Å²) in [5.41, 5.74) is 5.82. The maximum absolute atomic E-state index is 12.2. The third-order valence-corrected chi connectivity index (χ3v) is 4.68. The van der Waals surface area contributed by atoms with Gasteiger partial charge in [0, 0.05) is 12.7 Å². The first-order chi connectivity index (χ1) is 9.29. The SMILES string of the molecule is Cn1cnc(CNS(=O)(=O)c2c(Cl)cc(N)cc2Cl)n1. The Morgan fingerprint density at radius 2 is 1.95 bits per heavy atom. The van der Waals surface area contributed by atoms with Crippen LogP contribution in [0.15, 0.2) is 23.4 Å². The number of hydrogen-bond donors (Lipinski definition) is 2. The van der Waals surface area contributed by atoms with Gasteiger partial charge in [-0.15, -0.1) is 0 Å². The van der Waals surface area contributed by atoms with Crippen molar-refractivity contribution < 1.29 is 8.42 Å². The summed E-state index contributed by atoms with van der Waals surface area (Å²) in [6.07, 6.45) is 1.47. The molecule has 0 aliphatic rings. The molecule has 2 aromatic rings. The van der Waals surface area contributed by atoms with E-state index in [9.17, 15) is 8.42 Å². The molecule has 1 heterocycles. The van der Waals surface area contributed by atoms with Crippen molar-refractivity contribution >= 4 is 38.9 Å². The Balaban J connectivity index is 2.27. The fourth-order valence-corrected chi connectivity index (χ4v) is 3.74. The van der Waals surface area contributed by atoms with Crippen LogP contribution < -0.4 is 10.5 Å². The van der Waals surface area contributed by atoms with Crippen LogP contribution in [-0.2, 0) is 23.6 Å². The van der Waals surface area contributed by atoms with E-state index in [1.54, 1.807) is 7.05 Å². The lowest BCUT2D eigenvalue weighted by Crippen LogP contribution is -2.24. The number of nitrogens with two attached hydrogens (primary N) is 1. The van der Waals surface area contributed by atoms with Crippen molar-refractivity contribution in [1.29, 1.82) is 0 Å². The number of anilines is 1. The van der Waals surface area contributed by atoms with E-state index in [0.29, 0.717) is 5.82 Å². The Morgan fingerprint density at radius 3 is 2.45 bits per heavy atom. The molecule has 0 radical (unpaired) electrons. The first kappa shape index (κ1) is 15.0. The van der Waals surface area contributed by atoms with Crippen LogP contribution in [0.3, 0.4) is 0 Å². The number of benzene rings is 1. The lowest BCUT2D eigenvalue weighted by atomic mass is 10.3. The van der Waals surface area contributed by atoms with Crippen LogP contribution in [0.25, 0.3) is 0 Å². The Bertz CT molecular complexity index is 721. The summed E-state index contributed by atoms with van der Waals surface area (Å²) in [4.78, 5) is 3.69. The summed E-state index contributed by atoms with van der Waals surface area (Å²) in [5.74, 6) is 0.332. The molecule has 0 aliphatic carbocycles. The molecule has 0 atom stereocenters. The molecule has 0 amide bonds. The first-order valence-electron chi connectivity index (χ1n) is 5.38. The van der Waals surface area contributed by atoms with Crippen LogP contribution in [0.2, 0.25) is 10.0 Å². The van der Waals surface area contributed by atoms with Gasteiger partial charge in [-0.2, -0.15) is 5.10 Å². The monoisotopic (exact) mass is 335 g/mol. The Labute approximate surface area is 125 Å². The topological polar surface area (TPSA) is 103 Å². The Kier molecular flexibility index (Phi) is 4.19. The predicted octanol–water partition coefficient (Wildman–Crippen LogP) is 1.18. The third kappa shape index (κ3) is 3.21. The summed E-state index contributed by atoms with van der Waals surface area (Å²) in [7, 11) is -2.21. The zero-order chi connectivity index (χ0) is 14.9. The molecule has 3 N–H and O–H groups in total. The second-order valence-electron chi connectivity index (χ2n) is 3.97. The Morgan fingerprint density at radius 1 is 1.35 bits per heavy atom. The van der Waals surface area contributed by atoms with E-state index < -0.39 is 10.0 Å². The molecule has 0 spiro atoms. The van der Waals surface area contributed by atoms with Crippen LogP contribution in [-0.4, -0.2) is 23.2 Å². The minimum Gasteiger partial charge on any atom is -0.399 e. The van der Waals surface area contributed by atoms with E-state index in [2.05, 4.69) is 14.8 Å². The molecule has 0 unspecified atom stereocenters. The number of aromatic nitrogens is 3. The lowest BCUT2D eigenvalue weighted by molar-refractivity contribution is 0.579. The number of sulfonamides is 1. The van der Waals surface area contributed by atoms with Crippen molar-refractivity contribution in [3.8, 4) is 0 Å². The van der Waals surface area contributed by atoms with Gasteiger partial charge in [0.15, 0.2) is 5.82 Å². The van der Waals surface area contributed by atoms with Gasteiger partial charge in [-0.1, -0.05) is 23.2 Å². The fraction of sp³-hybridized carbons (Fsp3) is 0.200. The number of hydrogen-bond acceptors (Lipinski definition) is 5. The van der Waals surface area contributed by atoms with Gasteiger partial charge in [0.05, 0.1) is 16.6 Å². The molecular formula is C10H11Cl2N5O2S. The number of halogens is 2. The fourth-order valence-electron chi connectivity index (χ4n) is 1.53. The van der Waals surface area contributed by atoms with Crippen LogP contribution in [0.4, 0.5) is 5.69 Å². The minimum absolute atomic E-state index is 0.0449. The molecule has 0 aliphatic heterocycles. The van der Waals surface area contributed by atoms with Crippen molar-refractivity contribution in [2.75, 3.05) is 5.73 Å². The average molecular weight is 336 g/mol. The van der Waals surface area contributed by atoms with E-state index in [1.807, 2.05) is 0 Å². The van der Waals surface area contributed by atoms with Crippen molar-refractivity contribution in [3.05, 3.63) is 34.3 Å². The third-order valence-electron chi connectivity index (χ3n) is 2.36. The number of aryl methyl sites for hydroxylation is 1. The summed E-state index contributed by atoms with van der Waals surface area (Å²) < 4.78 is 28.2. The molecule has 0 bridgehead atoms. The molecule has 2 rings (SSSR count). The molecule has 10 heteroatoms. The van der Waals surface area contributed by atoms with Crippen molar-refractivity contribution in [3.63, 3.8) is 0 Å². The van der Waals surface area contributed by atoms with Gasteiger partial charge in [-0.25, -0.2) is 18.1 Å². The highest BCUT2D eigenvalue weighted by Gasteiger charge is 2.22. The molecule has 1 aromatic heterocycles. The van der Waals surface area contributed by atoms with Gasteiger partial charge >= 0.3 is 0 Å². The van der Waals surface area contributed by atoms with Gasteiger partial charge < -0.3 is 5.73 Å². The number of nitrogens with one attached hydrogen (secondary N) is 1. The molecule has 1 aromatic carbocycles. The smallest absolute Gasteiger partial charge is 0.243 e. The zero-order valence-corrected chi connectivity index (χ0v) is 12.7. The number of rotatable bonds is 4. The Hall–Kier alpha value is -1.35. The van der Waals surface area contributed by atoms with Gasteiger partial charge in [0.25, 0.3) is 0 Å².